The van der Waals surface area contributed by atoms with Crippen molar-refractivity contribution in [3.63, 3.8) is 0 Å². The number of nitrogens with zero attached hydrogens (tertiary/aromatic N) is 1. The quantitative estimate of drug-likeness (QED) is 0.732. The molecular formula is C15H23FN2O. The van der Waals surface area contributed by atoms with Crippen molar-refractivity contribution in [3.05, 3.63) is 29.6 Å². The third-order valence-electron chi connectivity index (χ3n) is 3.39. The van der Waals surface area contributed by atoms with Crippen LogP contribution in [-0.2, 0) is 11.3 Å². The molecule has 1 fully saturated rings. The molecule has 0 atom stereocenters. The van der Waals surface area contributed by atoms with E-state index in [1.165, 1.54) is 18.9 Å². The lowest BCUT2D eigenvalue weighted by molar-refractivity contribution is 0.154. The van der Waals surface area contributed by atoms with Crippen LogP contribution in [0, 0.1) is 5.82 Å². The van der Waals surface area contributed by atoms with E-state index in [-0.39, 0.29) is 5.82 Å². The Morgan fingerprint density at radius 1 is 1.42 bits per heavy atom. The van der Waals surface area contributed by atoms with Crippen molar-refractivity contribution in [2.75, 3.05) is 31.7 Å². The van der Waals surface area contributed by atoms with Crippen LogP contribution in [0.2, 0.25) is 0 Å². The number of nitrogens with one attached hydrogen (secondary N) is 1. The van der Waals surface area contributed by atoms with Gasteiger partial charge in [0.2, 0.25) is 0 Å². The Hall–Kier alpha value is -1.13. The first-order valence-corrected chi connectivity index (χ1v) is 7.02. The fraction of sp³-hybridized carbons (Fsp3) is 0.600. The first kappa shape index (κ1) is 14.3. The van der Waals surface area contributed by atoms with Gasteiger partial charge in [-0.25, -0.2) is 4.39 Å². The highest BCUT2D eigenvalue weighted by Crippen LogP contribution is 2.25. The summed E-state index contributed by atoms with van der Waals surface area (Å²) >= 11 is 0. The number of benzene rings is 1. The smallest absolute Gasteiger partial charge is 0.146 e. The Balaban J connectivity index is 2.02. The molecule has 0 bridgehead atoms. The maximum absolute atomic E-state index is 14.0. The van der Waals surface area contributed by atoms with E-state index in [9.17, 15) is 4.39 Å². The summed E-state index contributed by atoms with van der Waals surface area (Å²) in [6.45, 7) is 4.72. The van der Waals surface area contributed by atoms with Crippen LogP contribution in [0.25, 0.3) is 0 Å². The SMILES string of the molecule is CCOCCN(C)c1c(F)cccc1CNC1CC1. The molecular weight excluding hydrogens is 243 g/mol. The lowest BCUT2D eigenvalue weighted by Crippen LogP contribution is -2.26. The Labute approximate surface area is 114 Å². The summed E-state index contributed by atoms with van der Waals surface area (Å²) in [6, 6.07) is 5.92. The van der Waals surface area contributed by atoms with Crippen LogP contribution in [-0.4, -0.2) is 32.8 Å². The molecule has 1 aliphatic rings. The van der Waals surface area contributed by atoms with E-state index >= 15 is 0 Å². The fourth-order valence-electron chi connectivity index (χ4n) is 2.13. The highest BCUT2D eigenvalue weighted by Gasteiger charge is 2.21. The fourth-order valence-corrected chi connectivity index (χ4v) is 2.13. The third-order valence-corrected chi connectivity index (χ3v) is 3.39. The van der Waals surface area contributed by atoms with Gasteiger partial charge in [-0.2, -0.15) is 0 Å². The highest BCUT2D eigenvalue weighted by molar-refractivity contribution is 5.54. The van der Waals surface area contributed by atoms with Gasteiger partial charge in [0.05, 0.1) is 12.3 Å². The molecule has 0 unspecified atom stereocenters. The molecule has 0 aromatic heterocycles. The topological polar surface area (TPSA) is 24.5 Å². The van der Waals surface area contributed by atoms with Crippen molar-refractivity contribution in [1.82, 2.24) is 5.32 Å². The monoisotopic (exact) mass is 266 g/mol. The lowest BCUT2D eigenvalue weighted by Gasteiger charge is -2.23. The molecule has 0 radical (unpaired) electrons. The van der Waals surface area contributed by atoms with Crippen LogP contribution in [0.15, 0.2) is 18.2 Å². The van der Waals surface area contributed by atoms with Gasteiger partial charge < -0.3 is 15.0 Å². The number of likely N-dealkylation sites (N-methyl/N-ethyl adjacent to an activating group) is 1. The van der Waals surface area contributed by atoms with Gasteiger partial charge in [-0.05, 0) is 31.4 Å². The molecule has 0 amide bonds. The first-order chi connectivity index (χ1) is 9.22. The predicted octanol–water partition coefficient (Wildman–Crippen LogP) is 2.55. The van der Waals surface area contributed by atoms with Crippen LogP contribution < -0.4 is 10.2 Å². The zero-order valence-electron chi connectivity index (χ0n) is 11.8. The molecule has 0 spiro atoms. The lowest BCUT2D eigenvalue weighted by atomic mass is 10.1. The molecule has 0 heterocycles. The Kier molecular flexibility index (Phi) is 5.16. The molecule has 2 rings (SSSR count). The van der Waals surface area contributed by atoms with Gasteiger partial charge in [0.25, 0.3) is 0 Å². The minimum absolute atomic E-state index is 0.158. The Morgan fingerprint density at radius 3 is 2.89 bits per heavy atom. The zero-order chi connectivity index (χ0) is 13.7. The summed E-state index contributed by atoms with van der Waals surface area (Å²) in [5.74, 6) is -0.158. The molecule has 4 heteroatoms. The number of anilines is 1. The molecule has 19 heavy (non-hydrogen) atoms. The number of hydrogen-bond acceptors (Lipinski definition) is 3. The van der Waals surface area contributed by atoms with Crippen molar-refractivity contribution in [2.24, 2.45) is 0 Å². The van der Waals surface area contributed by atoms with E-state index in [1.54, 1.807) is 6.07 Å². The molecule has 1 aromatic rings. The van der Waals surface area contributed by atoms with E-state index in [0.717, 1.165) is 12.1 Å². The second kappa shape index (κ2) is 6.87. The maximum Gasteiger partial charge on any atom is 0.146 e. The second-order valence-corrected chi connectivity index (χ2v) is 5.02. The molecule has 1 N–H and O–H groups in total. The van der Waals surface area contributed by atoms with Crippen LogP contribution >= 0.6 is 0 Å². The molecule has 0 saturated heterocycles. The Morgan fingerprint density at radius 2 is 2.21 bits per heavy atom. The van der Waals surface area contributed by atoms with Crippen molar-refractivity contribution < 1.29 is 9.13 Å². The summed E-state index contributed by atoms with van der Waals surface area (Å²) in [6.07, 6.45) is 2.48. The van der Waals surface area contributed by atoms with Gasteiger partial charge in [-0.15, -0.1) is 0 Å². The molecule has 0 aliphatic heterocycles. The van der Waals surface area contributed by atoms with E-state index in [2.05, 4.69) is 5.32 Å². The third kappa shape index (κ3) is 4.18. The van der Waals surface area contributed by atoms with Gasteiger partial charge in [0.1, 0.15) is 5.82 Å². The van der Waals surface area contributed by atoms with E-state index in [1.807, 2.05) is 24.9 Å². The van der Waals surface area contributed by atoms with Crippen LogP contribution in [0.4, 0.5) is 10.1 Å². The number of rotatable bonds is 8. The predicted molar refractivity (Wildman–Crippen MR) is 76.0 cm³/mol. The van der Waals surface area contributed by atoms with Crippen molar-refractivity contribution in [3.8, 4) is 0 Å². The molecule has 1 aromatic carbocycles. The summed E-state index contributed by atoms with van der Waals surface area (Å²) in [4.78, 5) is 1.94. The van der Waals surface area contributed by atoms with Crippen molar-refractivity contribution in [2.45, 2.75) is 32.4 Å². The number of para-hydroxylation sites is 1. The first-order valence-electron chi connectivity index (χ1n) is 7.02. The van der Waals surface area contributed by atoms with E-state index in [4.69, 9.17) is 4.74 Å². The summed E-state index contributed by atoms with van der Waals surface area (Å²) in [5, 5.41) is 3.44. The van der Waals surface area contributed by atoms with Crippen molar-refractivity contribution >= 4 is 5.69 Å². The molecule has 1 aliphatic carbocycles. The maximum atomic E-state index is 14.0. The number of halogens is 1. The summed E-state index contributed by atoms with van der Waals surface area (Å²) in [5.41, 5.74) is 1.71. The van der Waals surface area contributed by atoms with Gasteiger partial charge in [-0.1, -0.05) is 12.1 Å². The normalized spacial score (nSPS) is 14.7. The van der Waals surface area contributed by atoms with Gasteiger partial charge in [0.15, 0.2) is 0 Å². The molecule has 1 saturated carbocycles. The molecule has 106 valence electrons. The second-order valence-electron chi connectivity index (χ2n) is 5.02. The van der Waals surface area contributed by atoms with Gasteiger partial charge >= 0.3 is 0 Å². The minimum atomic E-state index is -0.158. The number of hydrogen-bond donors (Lipinski definition) is 1. The standard InChI is InChI=1S/C15H23FN2O/c1-3-19-10-9-18(2)15-12(5-4-6-14(15)16)11-17-13-7-8-13/h4-6,13,17H,3,7-11H2,1-2H3. The Bertz CT molecular complexity index is 407. The summed E-state index contributed by atoms with van der Waals surface area (Å²) < 4.78 is 19.4. The largest absolute Gasteiger partial charge is 0.380 e. The highest BCUT2D eigenvalue weighted by atomic mass is 19.1. The average Bonchev–Trinajstić information content (AvgIpc) is 3.20. The van der Waals surface area contributed by atoms with Gasteiger partial charge in [-0.3, -0.25) is 0 Å². The minimum Gasteiger partial charge on any atom is -0.380 e. The average molecular weight is 266 g/mol. The van der Waals surface area contributed by atoms with Crippen LogP contribution in [0.5, 0.6) is 0 Å². The summed E-state index contributed by atoms with van der Waals surface area (Å²) in [7, 11) is 1.91. The van der Waals surface area contributed by atoms with E-state index < -0.39 is 0 Å². The van der Waals surface area contributed by atoms with Crippen LogP contribution in [0.3, 0.4) is 0 Å². The van der Waals surface area contributed by atoms with E-state index in [0.29, 0.717) is 31.5 Å². The molecule has 3 nitrogen and oxygen atoms in total. The van der Waals surface area contributed by atoms with Gasteiger partial charge in [0, 0.05) is 32.8 Å². The zero-order valence-corrected chi connectivity index (χ0v) is 11.8. The van der Waals surface area contributed by atoms with Crippen molar-refractivity contribution in [1.29, 1.82) is 0 Å². The number of ether oxygens (including phenoxy) is 1. The van der Waals surface area contributed by atoms with Crippen LogP contribution in [0.1, 0.15) is 25.3 Å².